The maximum Gasteiger partial charge on any atom is 0.0627 e. The summed E-state index contributed by atoms with van der Waals surface area (Å²) in [6, 6.07) is 5.91. The minimum atomic E-state index is 0.333. The Labute approximate surface area is 124 Å². The number of halogens is 2. The lowest BCUT2D eigenvalue weighted by Gasteiger charge is -2.47. The maximum atomic E-state index is 6.39. The van der Waals surface area contributed by atoms with E-state index in [1.165, 1.54) is 25.9 Å². The molecule has 3 heterocycles. The molecule has 3 saturated heterocycles. The van der Waals surface area contributed by atoms with Gasteiger partial charge in [-0.25, -0.2) is 0 Å². The molecule has 0 aromatic heterocycles. The van der Waals surface area contributed by atoms with Crippen molar-refractivity contribution in [1.82, 2.24) is 4.90 Å². The molecule has 0 amide bonds. The van der Waals surface area contributed by atoms with Crippen molar-refractivity contribution >= 4 is 23.2 Å². The Bertz CT molecular complexity index is 455. The normalized spacial score (nSPS) is 31.4. The Kier molecular flexibility index (Phi) is 4.04. The lowest BCUT2D eigenvalue weighted by atomic mass is 9.70. The molecular formula is C15H20Cl2N2. The Morgan fingerprint density at radius 1 is 1.26 bits per heavy atom. The predicted molar refractivity (Wildman–Crippen MR) is 80.9 cm³/mol. The van der Waals surface area contributed by atoms with Crippen LogP contribution in [0.1, 0.15) is 24.3 Å². The molecule has 1 aromatic rings. The Hall–Kier alpha value is -0.280. The quantitative estimate of drug-likeness (QED) is 0.927. The number of nitrogens with zero attached hydrogens (tertiary/aromatic N) is 1. The van der Waals surface area contributed by atoms with Crippen LogP contribution in [0, 0.1) is 11.8 Å². The van der Waals surface area contributed by atoms with Crippen LogP contribution in [-0.2, 0) is 0 Å². The molecule has 4 rings (SSSR count). The summed E-state index contributed by atoms with van der Waals surface area (Å²) in [4.78, 5) is 2.56. The Morgan fingerprint density at radius 2 is 2.00 bits per heavy atom. The number of nitrogens with two attached hydrogens (primary N) is 1. The van der Waals surface area contributed by atoms with E-state index in [1.54, 1.807) is 0 Å². The first-order valence-corrected chi connectivity index (χ1v) is 7.82. The third-order valence-electron chi connectivity index (χ3n) is 4.86. The molecule has 2 N–H and O–H groups in total. The van der Waals surface area contributed by atoms with Crippen LogP contribution in [0.4, 0.5) is 0 Å². The van der Waals surface area contributed by atoms with E-state index in [4.69, 9.17) is 28.9 Å². The first-order valence-electron chi connectivity index (χ1n) is 7.07. The van der Waals surface area contributed by atoms with E-state index in [1.807, 2.05) is 12.1 Å². The fourth-order valence-electron chi connectivity index (χ4n) is 3.81. The van der Waals surface area contributed by atoms with Crippen molar-refractivity contribution in [3.8, 4) is 0 Å². The molecule has 0 aliphatic carbocycles. The van der Waals surface area contributed by atoms with E-state index in [2.05, 4.69) is 11.0 Å². The summed E-state index contributed by atoms with van der Waals surface area (Å²) in [7, 11) is 0. The van der Waals surface area contributed by atoms with Gasteiger partial charge in [-0.05, 0) is 55.9 Å². The lowest BCUT2D eigenvalue weighted by Crippen LogP contribution is -2.50. The SMILES string of the molecule is NCC(c1cccc(Cl)c1Cl)C1CN2CCC1CC2. The van der Waals surface area contributed by atoms with Crippen LogP contribution in [0.5, 0.6) is 0 Å². The number of hydrogen-bond donors (Lipinski definition) is 1. The number of benzene rings is 1. The van der Waals surface area contributed by atoms with Gasteiger partial charge in [0, 0.05) is 12.5 Å². The predicted octanol–water partition coefficient (Wildman–Crippen LogP) is 3.38. The fourth-order valence-corrected chi connectivity index (χ4v) is 4.25. The van der Waals surface area contributed by atoms with Crippen molar-refractivity contribution in [2.75, 3.05) is 26.2 Å². The molecule has 0 radical (unpaired) electrons. The first-order chi connectivity index (χ1) is 9.20. The van der Waals surface area contributed by atoms with Crippen molar-refractivity contribution in [2.45, 2.75) is 18.8 Å². The highest BCUT2D eigenvalue weighted by Gasteiger charge is 2.39. The average Bonchev–Trinajstić information content (AvgIpc) is 2.46. The number of piperidine rings is 3. The van der Waals surface area contributed by atoms with Crippen LogP contribution in [0.25, 0.3) is 0 Å². The van der Waals surface area contributed by atoms with Crippen LogP contribution < -0.4 is 5.73 Å². The van der Waals surface area contributed by atoms with Crippen molar-refractivity contribution < 1.29 is 0 Å². The molecule has 0 spiro atoms. The van der Waals surface area contributed by atoms with Gasteiger partial charge in [0.05, 0.1) is 10.0 Å². The van der Waals surface area contributed by atoms with Crippen LogP contribution in [0.2, 0.25) is 10.0 Å². The zero-order valence-corrected chi connectivity index (χ0v) is 12.5. The minimum absolute atomic E-state index is 0.333. The van der Waals surface area contributed by atoms with Gasteiger partial charge in [0.15, 0.2) is 0 Å². The standard InChI is InChI=1S/C15H20Cl2N2/c16-14-3-1-2-11(15(14)17)12(8-18)13-9-19-6-4-10(13)5-7-19/h1-3,10,12-13H,4-9,18H2. The van der Waals surface area contributed by atoms with Crippen molar-refractivity contribution in [3.05, 3.63) is 33.8 Å². The van der Waals surface area contributed by atoms with Gasteiger partial charge in [-0.2, -0.15) is 0 Å². The third-order valence-corrected chi connectivity index (χ3v) is 5.69. The van der Waals surface area contributed by atoms with Gasteiger partial charge in [-0.15, -0.1) is 0 Å². The van der Waals surface area contributed by atoms with Gasteiger partial charge in [-0.1, -0.05) is 35.3 Å². The number of rotatable bonds is 3. The summed E-state index contributed by atoms with van der Waals surface area (Å²) in [5.74, 6) is 1.76. The van der Waals surface area contributed by atoms with Gasteiger partial charge in [0.25, 0.3) is 0 Å². The molecule has 3 fully saturated rings. The summed E-state index contributed by atoms with van der Waals surface area (Å²) in [5, 5.41) is 1.33. The summed E-state index contributed by atoms with van der Waals surface area (Å²) in [6.45, 7) is 4.31. The highest BCUT2D eigenvalue weighted by Crippen LogP contribution is 2.43. The molecule has 2 atom stereocenters. The molecule has 104 valence electrons. The second-order valence-corrected chi connectivity index (χ2v) is 6.57. The molecule has 4 heteroatoms. The average molecular weight is 299 g/mol. The molecule has 3 aliphatic rings. The first kappa shape index (κ1) is 13.7. The zero-order chi connectivity index (χ0) is 13.4. The second-order valence-electron chi connectivity index (χ2n) is 5.79. The van der Waals surface area contributed by atoms with E-state index >= 15 is 0 Å². The Balaban J connectivity index is 1.90. The van der Waals surface area contributed by atoms with Crippen molar-refractivity contribution in [1.29, 1.82) is 0 Å². The highest BCUT2D eigenvalue weighted by atomic mass is 35.5. The van der Waals surface area contributed by atoms with E-state index < -0.39 is 0 Å². The molecule has 2 nitrogen and oxygen atoms in total. The fraction of sp³-hybridized carbons (Fsp3) is 0.600. The topological polar surface area (TPSA) is 29.3 Å². The molecule has 2 bridgehead atoms. The summed E-state index contributed by atoms with van der Waals surface area (Å²) in [5.41, 5.74) is 7.20. The highest BCUT2D eigenvalue weighted by molar-refractivity contribution is 6.42. The van der Waals surface area contributed by atoms with Crippen molar-refractivity contribution in [2.24, 2.45) is 17.6 Å². The number of fused-ring (bicyclic) bond motifs is 3. The zero-order valence-electron chi connectivity index (χ0n) is 11.0. The van der Waals surface area contributed by atoms with Gasteiger partial charge in [0.1, 0.15) is 0 Å². The van der Waals surface area contributed by atoms with E-state index in [0.717, 1.165) is 18.0 Å². The van der Waals surface area contributed by atoms with Crippen molar-refractivity contribution in [3.63, 3.8) is 0 Å². The van der Waals surface area contributed by atoms with Gasteiger partial charge >= 0.3 is 0 Å². The monoisotopic (exact) mass is 298 g/mol. The smallest absolute Gasteiger partial charge is 0.0627 e. The second kappa shape index (κ2) is 5.61. The van der Waals surface area contributed by atoms with Gasteiger partial charge in [-0.3, -0.25) is 0 Å². The summed E-state index contributed by atoms with van der Waals surface area (Å²) in [6.07, 6.45) is 2.61. The molecular weight excluding hydrogens is 279 g/mol. The van der Waals surface area contributed by atoms with E-state index in [9.17, 15) is 0 Å². The molecule has 1 aromatic carbocycles. The number of hydrogen-bond acceptors (Lipinski definition) is 2. The summed E-state index contributed by atoms with van der Waals surface area (Å²) >= 11 is 12.5. The molecule has 0 saturated carbocycles. The minimum Gasteiger partial charge on any atom is -0.330 e. The van der Waals surface area contributed by atoms with Crippen LogP contribution in [-0.4, -0.2) is 31.1 Å². The van der Waals surface area contributed by atoms with E-state index in [-0.39, 0.29) is 0 Å². The third kappa shape index (κ3) is 2.52. The summed E-state index contributed by atoms with van der Waals surface area (Å²) < 4.78 is 0. The van der Waals surface area contributed by atoms with Crippen LogP contribution in [0.15, 0.2) is 18.2 Å². The maximum absolute atomic E-state index is 6.39. The van der Waals surface area contributed by atoms with Crippen LogP contribution in [0.3, 0.4) is 0 Å². The van der Waals surface area contributed by atoms with E-state index in [0.29, 0.717) is 28.4 Å². The van der Waals surface area contributed by atoms with Gasteiger partial charge < -0.3 is 10.6 Å². The Morgan fingerprint density at radius 3 is 2.58 bits per heavy atom. The lowest BCUT2D eigenvalue weighted by molar-refractivity contribution is 0.0379. The van der Waals surface area contributed by atoms with Crippen LogP contribution >= 0.6 is 23.2 Å². The largest absolute Gasteiger partial charge is 0.330 e. The molecule has 3 aliphatic heterocycles. The van der Waals surface area contributed by atoms with Gasteiger partial charge in [0.2, 0.25) is 0 Å². The molecule has 19 heavy (non-hydrogen) atoms. The molecule has 2 unspecified atom stereocenters.